The highest BCUT2D eigenvalue weighted by Crippen LogP contribution is 2.19. The van der Waals surface area contributed by atoms with Crippen molar-refractivity contribution in [3.8, 4) is 0 Å². The van der Waals surface area contributed by atoms with E-state index < -0.39 is 0 Å². The number of carbonyl (C=O) groups excluding carboxylic acids is 1. The van der Waals surface area contributed by atoms with E-state index in [0.717, 1.165) is 6.42 Å². The Kier molecular flexibility index (Phi) is 7.09. The van der Waals surface area contributed by atoms with Crippen LogP contribution in [-0.4, -0.2) is 5.78 Å². The standard InChI is InChI=1S/C13H22O/c1-5-7-8-12(11(3)4)9-10-13(14)6-2/h5,7-8,11-12H,1,6,9-10H2,2-4H3. The van der Waals surface area contributed by atoms with E-state index in [2.05, 4.69) is 26.5 Å². The van der Waals surface area contributed by atoms with Gasteiger partial charge < -0.3 is 0 Å². The van der Waals surface area contributed by atoms with E-state index in [0.29, 0.717) is 30.5 Å². The summed E-state index contributed by atoms with van der Waals surface area (Å²) in [6.45, 7) is 9.95. The third kappa shape index (κ3) is 5.74. The van der Waals surface area contributed by atoms with Crippen LogP contribution in [0.3, 0.4) is 0 Å². The average molecular weight is 194 g/mol. The highest BCUT2D eigenvalue weighted by atomic mass is 16.1. The van der Waals surface area contributed by atoms with Crippen molar-refractivity contribution in [1.82, 2.24) is 0 Å². The van der Waals surface area contributed by atoms with Crippen molar-refractivity contribution in [3.63, 3.8) is 0 Å². The van der Waals surface area contributed by atoms with Crippen molar-refractivity contribution in [2.75, 3.05) is 0 Å². The molecule has 1 heteroatoms. The number of hydrogen-bond donors (Lipinski definition) is 0. The quantitative estimate of drug-likeness (QED) is 0.564. The van der Waals surface area contributed by atoms with Crippen LogP contribution in [0.25, 0.3) is 0 Å². The zero-order valence-electron chi connectivity index (χ0n) is 9.62. The maximum Gasteiger partial charge on any atom is 0.132 e. The molecule has 0 spiro atoms. The van der Waals surface area contributed by atoms with E-state index in [1.165, 1.54) is 0 Å². The van der Waals surface area contributed by atoms with Gasteiger partial charge in [0, 0.05) is 12.8 Å². The lowest BCUT2D eigenvalue weighted by Crippen LogP contribution is -2.08. The fraction of sp³-hybridized carbons (Fsp3) is 0.615. The topological polar surface area (TPSA) is 17.1 Å². The Morgan fingerprint density at radius 3 is 2.50 bits per heavy atom. The zero-order chi connectivity index (χ0) is 11.0. The first-order valence-corrected chi connectivity index (χ1v) is 5.42. The van der Waals surface area contributed by atoms with Gasteiger partial charge in [0.1, 0.15) is 5.78 Å². The van der Waals surface area contributed by atoms with Crippen molar-refractivity contribution >= 4 is 5.78 Å². The number of rotatable bonds is 7. The van der Waals surface area contributed by atoms with Crippen LogP contribution in [0.2, 0.25) is 0 Å². The Bertz CT molecular complexity index is 201. The second-order valence-corrected chi connectivity index (χ2v) is 3.96. The van der Waals surface area contributed by atoms with Gasteiger partial charge >= 0.3 is 0 Å². The lowest BCUT2D eigenvalue weighted by atomic mass is 9.90. The number of carbonyl (C=O) groups is 1. The minimum Gasteiger partial charge on any atom is -0.300 e. The smallest absolute Gasteiger partial charge is 0.132 e. The van der Waals surface area contributed by atoms with Gasteiger partial charge in [0.15, 0.2) is 0 Å². The van der Waals surface area contributed by atoms with Gasteiger partial charge in [-0.1, -0.05) is 45.6 Å². The van der Waals surface area contributed by atoms with Gasteiger partial charge in [-0.25, -0.2) is 0 Å². The molecule has 1 atom stereocenters. The minimum atomic E-state index is 0.364. The molecule has 0 fully saturated rings. The number of Topliss-reactive ketones (excluding diaryl/α,β-unsaturated/α-hetero) is 1. The summed E-state index contributed by atoms with van der Waals surface area (Å²) in [6.07, 6.45) is 8.25. The molecule has 1 nitrogen and oxygen atoms in total. The van der Waals surface area contributed by atoms with Crippen LogP contribution >= 0.6 is 0 Å². The van der Waals surface area contributed by atoms with E-state index in [4.69, 9.17) is 0 Å². The summed E-state index contributed by atoms with van der Waals surface area (Å²) in [6, 6.07) is 0. The van der Waals surface area contributed by atoms with Gasteiger partial charge in [-0.15, -0.1) is 0 Å². The molecule has 0 saturated heterocycles. The normalized spacial score (nSPS) is 13.4. The Morgan fingerprint density at radius 2 is 2.07 bits per heavy atom. The van der Waals surface area contributed by atoms with Crippen molar-refractivity contribution in [2.24, 2.45) is 11.8 Å². The first-order valence-electron chi connectivity index (χ1n) is 5.42. The lowest BCUT2D eigenvalue weighted by molar-refractivity contribution is -0.119. The molecule has 1 unspecified atom stereocenters. The molecule has 0 heterocycles. The van der Waals surface area contributed by atoms with Gasteiger partial charge in [0.2, 0.25) is 0 Å². The maximum atomic E-state index is 11.2. The summed E-state index contributed by atoms with van der Waals surface area (Å²) in [7, 11) is 0. The highest BCUT2D eigenvalue weighted by Gasteiger charge is 2.10. The minimum absolute atomic E-state index is 0.364. The SMILES string of the molecule is C=CC=CC(CCC(=O)CC)C(C)C. The predicted molar refractivity (Wildman–Crippen MR) is 62.2 cm³/mol. The van der Waals surface area contributed by atoms with Crippen molar-refractivity contribution in [2.45, 2.75) is 40.0 Å². The number of hydrogen-bond acceptors (Lipinski definition) is 1. The molecular weight excluding hydrogens is 172 g/mol. The largest absolute Gasteiger partial charge is 0.300 e. The lowest BCUT2D eigenvalue weighted by Gasteiger charge is -2.15. The predicted octanol–water partition coefficient (Wildman–Crippen LogP) is 3.76. The highest BCUT2D eigenvalue weighted by molar-refractivity contribution is 5.77. The summed E-state index contributed by atoms with van der Waals surface area (Å²) in [4.78, 5) is 11.2. The van der Waals surface area contributed by atoms with Crippen LogP contribution < -0.4 is 0 Å². The molecule has 0 bridgehead atoms. The fourth-order valence-electron chi connectivity index (χ4n) is 1.38. The maximum absolute atomic E-state index is 11.2. The molecule has 0 rings (SSSR count). The Morgan fingerprint density at radius 1 is 1.43 bits per heavy atom. The molecule has 0 radical (unpaired) electrons. The zero-order valence-corrected chi connectivity index (χ0v) is 9.62. The van der Waals surface area contributed by atoms with Crippen LogP contribution in [0.15, 0.2) is 24.8 Å². The molecular formula is C13H22O. The second kappa shape index (κ2) is 7.54. The Balaban J connectivity index is 4.03. The second-order valence-electron chi connectivity index (χ2n) is 3.96. The van der Waals surface area contributed by atoms with Crippen molar-refractivity contribution in [3.05, 3.63) is 24.8 Å². The van der Waals surface area contributed by atoms with Gasteiger partial charge in [0.25, 0.3) is 0 Å². The van der Waals surface area contributed by atoms with Gasteiger partial charge in [0.05, 0.1) is 0 Å². The van der Waals surface area contributed by atoms with Crippen LogP contribution in [-0.2, 0) is 4.79 Å². The molecule has 0 saturated carbocycles. The Hall–Kier alpha value is -0.850. The molecule has 0 aliphatic carbocycles. The summed E-state index contributed by atoms with van der Waals surface area (Å²) in [5, 5.41) is 0. The van der Waals surface area contributed by atoms with E-state index >= 15 is 0 Å². The molecule has 0 aromatic carbocycles. The molecule has 0 aromatic heterocycles. The van der Waals surface area contributed by atoms with E-state index in [9.17, 15) is 4.79 Å². The van der Waals surface area contributed by atoms with Crippen molar-refractivity contribution < 1.29 is 4.79 Å². The van der Waals surface area contributed by atoms with E-state index in [-0.39, 0.29) is 0 Å². The number of ketones is 1. The van der Waals surface area contributed by atoms with Gasteiger partial charge in [-0.2, -0.15) is 0 Å². The third-order valence-corrected chi connectivity index (χ3v) is 2.50. The van der Waals surface area contributed by atoms with Crippen LogP contribution in [0, 0.1) is 11.8 Å². The molecule has 0 N–H and O–H groups in total. The third-order valence-electron chi connectivity index (χ3n) is 2.50. The van der Waals surface area contributed by atoms with E-state index in [1.807, 2.05) is 13.0 Å². The summed E-state index contributed by atoms with van der Waals surface area (Å²) >= 11 is 0. The molecule has 0 amide bonds. The molecule has 80 valence electrons. The van der Waals surface area contributed by atoms with Crippen LogP contribution in [0.1, 0.15) is 40.0 Å². The Labute approximate surface area is 87.9 Å². The summed E-state index contributed by atoms with van der Waals surface area (Å²) in [5.41, 5.74) is 0. The van der Waals surface area contributed by atoms with E-state index in [1.54, 1.807) is 6.08 Å². The molecule has 14 heavy (non-hydrogen) atoms. The monoisotopic (exact) mass is 194 g/mol. The van der Waals surface area contributed by atoms with Crippen LogP contribution in [0.5, 0.6) is 0 Å². The first-order chi connectivity index (χ1) is 6.61. The summed E-state index contributed by atoms with van der Waals surface area (Å²) < 4.78 is 0. The van der Waals surface area contributed by atoms with Crippen molar-refractivity contribution in [1.29, 1.82) is 0 Å². The number of allylic oxidation sites excluding steroid dienone is 3. The average Bonchev–Trinajstić information content (AvgIpc) is 2.16. The first kappa shape index (κ1) is 13.2. The molecule has 0 aromatic rings. The molecule has 0 aliphatic rings. The fourth-order valence-corrected chi connectivity index (χ4v) is 1.38. The molecule has 0 aliphatic heterocycles. The van der Waals surface area contributed by atoms with Gasteiger partial charge in [-0.05, 0) is 18.3 Å². The van der Waals surface area contributed by atoms with Gasteiger partial charge in [-0.3, -0.25) is 4.79 Å². The van der Waals surface area contributed by atoms with Crippen LogP contribution in [0.4, 0.5) is 0 Å². The summed E-state index contributed by atoms with van der Waals surface area (Å²) in [5.74, 6) is 1.46.